The molecule has 1 aromatic carbocycles. The third-order valence-electron chi connectivity index (χ3n) is 6.22. The van der Waals surface area contributed by atoms with Gasteiger partial charge in [0.25, 0.3) is 0 Å². The van der Waals surface area contributed by atoms with Crippen molar-refractivity contribution >= 4 is 21.9 Å². The predicted octanol–water partition coefficient (Wildman–Crippen LogP) is 1.91. The molecule has 0 atom stereocenters. The molecule has 0 spiro atoms. The Balaban J connectivity index is 1.20. The van der Waals surface area contributed by atoms with Gasteiger partial charge in [0.15, 0.2) is 0 Å². The first-order chi connectivity index (χ1) is 15.0. The van der Waals surface area contributed by atoms with Gasteiger partial charge in [-0.2, -0.15) is 4.31 Å². The van der Waals surface area contributed by atoms with E-state index in [9.17, 15) is 13.2 Å². The maximum absolute atomic E-state index is 12.7. The molecule has 0 unspecified atom stereocenters. The minimum Gasteiger partial charge on any atom is -0.356 e. The molecule has 9 heteroatoms. The molecule has 0 radical (unpaired) electrons. The number of sulfonamides is 1. The second-order valence-electron chi connectivity index (χ2n) is 8.22. The van der Waals surface area contributed by atoms with Crippen LogP contribution in [0.5, 0.6) is 0 Å². The van der Waals surface area contributed by atoms with Crippen molar-refractivity contribution in [2.75, 3.05) is 37.6 Å². The van der Waals surface area contributed by atoms with E-state index in [4.69, 9.17) is 0 Å². The third-order valence-corrected chi connectivity index (χ3v) is 8.13. The zero-order valence-corrected chi connectivity index (χ0v) is 18.4. The van der Waals surface area contributed by atoms with E-state index in [-0.39, 0.29) is 11.8 Å². The van der Waals surface area contributed by atoms with Gasteiger partial charge in [-0.1, -0.05) is 18.2 Å². The molecule has 2 aliphatic rings. The Kier molecular flexibility index (Phi) is 6.82. The number of hydrogen-bond donors (Lipinski definition) is 1. The Morgan fingerprint density at radius 3 is 2.23 bits per heavy atom. The van der Waals surface area contributed by atoms with Crippen molar-refractivity contribution in [1.82, 2.24) is 19.6 Å². The van der Waals surface area contributed by atoms with Crippen LogP contribution in [0.4, 0.5) is 5.95 Å². The van der Waals surface area contributed by atoms with Crippen LogP contribution in [0, 0.1) is 11.8 Å². The predicted molar refractivity (Wildman–Crippen MR) is 118 cm³/mol. The molecule has 0 aliphatic carbocycles. The normalized spacial score (nSPS) is 19.3. The fourth-order valence-electron chi connectivity index (χ4n) is 4.28. The average molecular weight is 444 g/mol. The summed E-state index contributed by atoms with van der Waals surface area (Å²) in [6, 6.07) is 10.4. The lowest BCUT2D eigenvalue weighted by molar-refractivity contribution is -0.125. The number of carbonyl (C=O) groups excluding carboxylic acids is 1. The molecular weight excluding hydrogens is 414 g/mol. The molecule has 1 aromatic heterocycles. The molecular formula is C22H29N5O3S. The van der Waals surface area contributed by atoms with Crippen molar-refractivity contribution in [3.05, 3.63) is 48.8 Å². The minimum absolute atomic E-state index is 0.0125. The van der Waals surface area contributed by atoms with Crippen LogP contribution >= 0.6 is 0 Å². The van der Waals surface area contributed by atoms with Gasteiger partial charge < -0.3 is 10.2 Å². The summed E-state index contributed by atoms with van der Waals surface area (Å²) in [5, 5.41) is 3.11. The summed E-state index contributed by atoms with van der Waals surface area (Å²) in [5.74, 6) is 1.15. The van der Waals surface area contributed by atoms with Gasteiger partial charge in [-0.15, -0.1) is 0 Å². The second-order valence-corrected chi connectivity index (χ2v) is 10.2. The molecule has 166 valence electrons. The van der Waals surface area contributed by atoms with E-state index in [1.807, 2.05) is 6.07 Å². The van der Waals surface area contributed by atoms with E-state index < -0.39 is 10.0 Å². The molecule has 1 amide bonds. The lowest BCUT2D eigenvalue weighted by atomic mass is 9.94. The maximum atomic E-state index is 12.7. The molecule has 8 nitrogen and oxygen atoms in total. The number of aromatic nitrogens is 2. The Bertz CT molecular complexity index is 955. The van der Waals surface area contributed by atoms with Crippen molar-refractivity contribution in [3.8, 4) is 0 Å². The number of anilines is 1. The maximum Gasteiger partial charge on any atom is 0.243 e. The molecule has 0 saturated carbocycles. The molecule has 3 heterocycles. The lowest BCUT2D eigenvalue weighted by Crippen LogP contribution is -2.44. The Labute approximate surface area is 183 Å². The Hall–Kier alpha value is -2.52. The molecule has 2 aromatic rings. The average Bonchev–Trinajstić information content (AvgIpc) is 2.84. The first kappa shape index (κ1) is 21.7. The van der Waals surface area contributed by atoms with Gasteiger partial charge in [0.05, 0.1) is 4.90 Å². The molecule has 2 aliphatic heterocycles. The molecule has 0 bridgehead atoms. The highest BCUT2D eigenvalue weighted by Gasteiger charge is 2.30. The zero-order valence-electron chi connectivity index (χ0n) is 17.6. The monoisotopic (exact) mass is 443 g/mol. The van der Waals surface area contributed by atoms with Crippen molar-refractivity contribution in [2.24, 2.45) is 11.8 Å². The van der Waals surface area contributed by atoms with Crippen LogP contribution in [-0.2, 0) is 14.8 Å². The van der Waals surface area contributed by atoms with Gasteiger partial charge >= 0.3 is 0 Å². The van der Waals surface area contributed by atoms with Gasteiger partial charge in [-0.3, -0.25) is 4.79 Å². The second kappa shape index (κ2) is 9.74. The number of hydrogen-bond acceptors (Lipinski definition) is 6. The summed E-state index contributed by atoms with van der Waals surface area (Å²) < 4.78 is 27.0. The zero-order chi connectivity index (χ0) is 21.7. The Morgan fingerprint density at radius 2 is 1.58 bits per heavy atom. The van der Waals surface area contributed by atoms with Gasteiger partial charge in [0, 0.05) is 51.0 Å². The van der Waals surface area contributed by atoms with Gasteiger partial charge in [0.2, 0.25) is 21.9 Å². The van der Waals surface area contributed by atoms with Gasteiger partial charge in [-0.25, -0.2) is 18.4 Å². The van der Waals surface area contributed by atoms with E-state index in [0.717, 1.165) is 44.7 Å². The van der Waals surface area contributed by atoms with Crippen LogP contribution in [0.25, 0.3) is 0 Å². The highest BCUT2D eigenvalue weighted by atomic mass is 32.2. The number of piperidine rings is 2. The summed E-state index contributed by atoms with van der Waals surface area (Å²) >= 11 is 0. The number of benzene rings is 1. The Morgan fingerprint density at radius 1 is 0.935 bits per heavy atom. The number of rotatable bonds is 6. The fraction of sp³-hybridized carbons (Fsp3) is 0.500. The SMILES string of the molecule is O=C(NCC1CCN(S(=O)(=O)c2ccccc2)CC1)C1CCN(c2ncccn2)CC1. The lowest BCUT2D eigenvalue weighted by Gasteiger charge is -2.33. The van der Waals surface area contributed by atoms with E-state index in [1.165, 1.54) is 0 Å². The van der Waals surface area contributed by atoms with E-state index >= 15 is 0 Å². The molecule has 1 N–H and O–H groups in total. The first-order valence-corrected chi connectivity index (χ1v) is 12.3. The molecule has 4 rings (SSSR count). The van der Waals surface area contributed by atoms with Crippen LogP contribution in [0.3, 0.4) is 0 Å². The smallest absolute Gasteiger partial charge is 0.243 e. The standard InChI is InChI=1S/C22H29N5O3S/c28-21(19-9-13-26(14-10-19)22-23-11-4-12-24-22)25-17-18-7-15-27(16-8-18)31(29,30)20-5-2-1-3-6-20/h1-6,11-12,18-19H,7-10,13-17H2,(H,25,28). The summed E-state index contributed by atoms with van der Waals surface area (Å²) in [6.07, 6.45) is 6.57. The number of carbonyl (C=O) groups is 1. The van der Waals surface area contributed by atoms with Gasteiger partial charge in [0.1, 0.15) is 0 Å². The van der Waals surface area contributed by atoms with E-state index in [0.29, 0.717) is 30.4 Å². The molecule has 31 heavy (non-hydrogen) atoms. The summed E-state index contributed by atoms with van der Waals surface area (Å²) in [4.78, 5) is 23.6. The van der Waals surface area contributed by atoms with Crippen LogP contribution in [0.15, 0.2) is 53.7 Å². The fourth-order valence-corrected chi connectivity index (χ4v) is 5.77. The summed E-state index contributed by atoms with van der Waals surface area (Å²) in [5.41, 5.74) is 0. The first-order valence-electron chi connectivity index (χ1n) is 10.9. The minimum atomic E-state index is -3.43. The van der Waals surface area contributed by atoms with Gasteiger partial charge in [-0.05, 0) is 49.8 Å². The van der Waals surface area contributed by atoms with Crippen molar-refractivity contribution in [2.45, 2.75) is 30.6 Å². The van der Waals surface area contributed by atoms with Crippen LogP contribution in [0.2, 0.25) is 0 Å². The van der Waals surface area contributed by atoms with Crippen LogP contribution in [-0.4, -0.2) is 61.3 Å². The topological polar surface area (TPSA) is 95.5 Å². The van der Waals surface area contributed by atoms with E-state index in [1.54, 1.807) is 47.0 Å². The molecule has 2 saturated heterocycles. The quantitative estimate of drug-likeness (QED) is 0.733. The van der Waals surface area contributed by atoms with Crippen molar-refractivity contribution < 1.29 is 13.2 Å². The number of amides is 1. The van der Waals surface area contributed by atoms with Crippen molar-refractivity contribution in [3.63, 3.8) is 0 Å². The van der Waals surface area contributed by atoms with Crippen LogP contribution in [0.1, 0.15) is 25.7 Å². The summed E-state index contributed by atoms with van der Waals surface area (Å²) in [6.45, 7) is 3.15. The summed E-state index contributed by atoms with van der Waals surface area (Å²) in [7, 11) is -3.43. The highest BCUT2D eigenvalue weighted by molar-refractivity contribution is 7.89. The number of nitrogens with zero attached hydrogens (tertiary/aromatic N) is 4. The third kappa shape index (κ3) is 5.22. The largest absolute Gasteiger partial charge is 0.356 e. The highest BCUT2D eigenvalue weighted by Crippen LogP contribution is 2.24. The van der Waals surface area contributed by atoms with Crippen LogP contribution < -0.4 is 10.2 Å². The molecule has 2 fully saturated rings. The van der Waals surface area contributed by atoms with E-state index in [2.05, 4.69) is 20.2 Å². The number of nitrogens with one attached hydrogen (secondary N) is 1. The van der Waals surface area contributed by atoms with Crippen molar-refractivity contribution in [1.29, 1.82) is 0 Å².